The molecule has 1 saturated heterocycles. The lowest BCUT2D eigenvalue weighted by Gasteiger charge is -2.28. The molecule has 5 rings (SSSR count). The first-order chi connectivity index (χ1) is 16.5. The Morgan fingerprint density at radius 1 is 0.971 bits per heavy atom. The third-order valence-corrected chi connectivity index (χ3v) is 6.64. The van der Waals surface area contributed by atoms with Gasteiger partial charge in [0.2, 0.25) is 0 Å². The maximum absolute atomic E-state index is 9.84. The molecule has 172 valence electrons. The number of anilines is 1. The standard InChI is InChI=1S/C27H26N4O2S/c1-17-15-23(18(2)30(17)20-7-6-8-22(16-20)33-3)26-25(24-9-4-5-14-28-24)29-27(34)31(26)19-10-12-21(32)13-11-19/h4-16,25-26,32H,1-3H3,(H,29,34)/t25-,26-/m0/s1. The van der Waals surface area contributed by atoms with Crippen LogP contribution in [0.1, 0.15) is 34.7 Å². The molecule has 0 spiro atoms. The molecule has 0 aliphatic carbocycles. The first-order valence-electron chi connectivity index (χ1n) is 11.1. The number of nitrogens with one attached hydrogen (secondary N) is 1. The molecule has 0 bridgehead atoms. The van der Waals surface area contributed by atoms with Gasteiger partial charge in [0.1, 0.15) is 11.5 Å². The highest BCUT2D eigenvalue weighted by atomic mass is 32.1. The average Bonchev–Trinajstić information content (AvgIpc) is 3.35. The number of aryl methyl sites for hydroxylation is 1. The molecule has 0 radical (unpaired) electrons. The predicted molar refractivity (Wildman–Crippen MR) is 138 cm³/mol. The minimum atomic E-state index is -0.137. The second kappa shape index (κ2) is 8.83. The van der Waals surface area contributed by atoms with Crippen LogP contribution >= 0.6 is 12.2 Å². The molecule has 1 fully saturated rings. The van der Waals surface area contributed by atoms with Crippen molar-refractivity contribution >= 4 is 23.0 Å². The van der Waals surface area contributed by atoms with E-state index in [-0.39, 0.29) is 17.8 Å². The van der Waals surface area contributed by atoms with Crippen LogP contribution in [0.3, 0.4) is 0 Å². The second-order valence-corrected chi connectivity index (χ2v) is 8.76. The van der Waals surface area contributed by atoms with Crippen molar-refractivity contribution in [2.45, 2.75) is 25.9 Å². The fourth-order valence-electron chi connectivity index (χ4n) is 4.80. The summed E-state index contributed by atoms with van der Waals surface area (Å²) in [5.74, 6) is 1.03. The second-order valence-electron chi connectivity index (χ2n) is 8.38. The summed E-state index contributed by atoms with van der Waals surface area (Å²) in [7, 11) is 1.68. The molecule has 2 aromatic heterocycles. The van der Waals surface area contributed by atoms with Crippen LogP contribution in [0.5, 0.6) is 11.5 Å². The maximum atomic E-state index is 9.84. The monoisotopic (exact) mass is 470 g/mol. The van der Waals surface area contributed by atoms with E-state index in [1.54, 1.807) is 25.4 Å². The number of aromatic nitrogens is 2. The van der Waals surface area contributed by atoms with E-state index in [0.29, 0.717) is 5.11 Å². The van der Waals surface area contributed by atoms with Gasteiger partial charge in [0.25, 0.3) is 0 Å². The van der Waals surface area contributed by atoms with Crippen molar-refractivity contribution in [1.82, 2.24) is 14.9 Å². The number of rotatable bonds is 5. The van der Waals surface area contributed by atoms with Gasteiger partial charge >= 0.3 is 0 Å². The summed E-state index contributed by atoms with van der Waals surface area (Å²) in [5, 5.41) is 14.0. The highest BCUT2D eigenvalue weighted by Crippen LogP contribution is 2.44. The molecule has 2 atom stereocenters. The number of benzene rings is 2. The highest BCUT2D eigenvalue weighted by Gasteiger charge is 2.42. The van der Waals surface area contributed by atoms with Crippen LogP contribution < -0.4 is 15.0 Å². The molecule has 0 unspecified atom stereocenters. The van der Waals surface area contributed by atoms with Gasteiger partial charge in [0.05, 0.1) is 24.9 Å². The van der Waals surface area contributed by atoms with E-state index in [9.17, 15) is 5.11 Å². The molecule has 0 amide bonds. The lowest BCUT2D eigenvalue weighted by Crippen LogP contribution is -2.29. The van der Waals surface area contributed by atoms with Crippen LogP contribution in [-0.4, -0.2) is 26.9 Å². The quantitative estimate of drug-likeness (QED) is 0.382. The van der Waals surface area contributed by atoms with Gasteiger partial charge in [0, 0.05) is 35.0 Å². The minimum absolute atomic E-state index is 0.127. The summed E-state index contributed by atoms with van der Waals surface area (Å²) in [6.07, 6.45) is 1.81. The summed E-state index contributed by atoms with van der Waals surface area (Å²) in [6, 6.07) is 23.1. The Morgan fingerprint density at radius 3 is 2.47 bits per heavy atom. The molecule has 1 aliphatic rings. The summed E-state index contributed by atoms with van der Waals surface area (Å²) in [4.78, 5) is 6.76. The highest BCUT2D eigenvalue weighted by molar-refractivity contribution is 7.80. The predicted octanol–water partition coefficient (Wildman–Crippen LogP) is 5.38. The molecular weight excluding hydrogens is 444 g/mol. The van der Waals surface area contributed by atoms with E-state index in [4.69, 9.17) is 17.0 Å². The molecule has 4 aromatic rings. The van der Waals surface area contributed by atoms with Crippen LogP contribution in [0.15, 0.2) is 79.0 Å². The number of hydrogen-bond acceptors (Lipinski definition) is 4. The Balaban J connectivity index is 1.67. The SMILES string of the molecule is COc1cccc(-n2c(C)cc([C@H]3[C@H](c4ccccn4)NC(=S)N3c3ccc(O)cc3)c2C)c1. The van der Waals surface area contributed by atoms with Crippen molar-refractivity contribution in [2.24, 2.45) is 0 Å². The number of thiocarbonyl (C=S) groups is 1. The number of phenols is 1. The number of hydrogen-bond donors (Lipinski definition) is 2. The smallest absolute Gasteiger partial charge is 0.174 e. The van der Waals surface area contributed by atoms with Gasteiger partial charge in [-0.25, -0.2) is 0 Å². The molecule has 6 nitrogen and oxygen atoms in total. The number of ether oxygens (including phenoxy) is 1. The largest absolute Gasteiger partial charge is 0.508 e. The summed E-state index contributed by atoms with van der Waals surface area (Å²) < 4.78 is 7.70. The van der Waals surface area contributed by atoms with E-state index in [1.165, 1.54) is 0 Å². The summed E-state index contributed by atoms with van der Waals surface area (Å²) >= 11 is 5.82. The van der Waals surface area contributed by atoms with Gasteiger partial charge in [-0.2, -0.15) is 0 Å². The van der Waals surface area contributed by atoms with Gasteiger partial charge in [-0.05, 0) is 86.2 Å². The Morgan fingerprint density at radius 2 is 1.76 bits per heavy atom. The topological polar surface area (TPSA) is 62.5 Å². The van der Waals surface area contributed by atoms with Crippen molar-refractivity contribution < 1.29 is 9.84 Å². The van der Waals surface area contributed by atoms with Crippen LogP contribution in [0, 0.1) is 13.8 Å². The molecule has 1 aliphatic heterocycles. The molecule has 34 heavy (non-hydrogen) atoms. The molecule has 7 heteroatoms. The van der Waals surface area contributed by atoms with E-state index in [2.05, 4.69) is 45.7 Å². The zero-order valence-electron chi connectivity index (χ0n) is 19.3. The van der Waals surface area contributed by atoms with Gasteiger partial charge < -0.3 is 24.6 Å². The van der Waals surface area contributed by atoms with E-state index < -0.39 is 0 Å². The fourth-order valence-corrected chi connectivity index (χ4v) is 5.14. The van der Waals surface area contributed by atoms with E-state index >= 15 is 0 Å². The molecule has 2 N–H and O–H groups in total. The molecular formula is C27H26N4O2S. The van der Waals surface area contributed by atoms with Gasteiger partial charge in [-0.1, -0.05) is 12.1 Å². The van der Waals surface area contributed by atoms with Crippen molar-refractivity contribution in [3.63, 3.8) is 0 Å². The van der Waals surface area contributed by atoms with Crippen molar-refractivity contribution in [3.05, 3.63) is 102 Å². The number of phenolic OH excluding ortho intramolecular Hbond substituents is 1. The molecule has 3 heterocycles. The zero-order chi connectivity index (χ0) is 23.8. The lowest BCUT2D eigenvalue weighted by molar-refractivity contribution is 0.414. The molecule has 0 saturated carbocycles. The number of pyridine rings is 1. The Bertz CT molecular complexity index is 1330. The summed E-state index contributed by atoms with van der Waals surface area (Å²) in [6.45, 7) is 4.24. The Labute approximate surface area is 204 Å². The van der Waals surface area contributed by atoms with Crippen molar-refractivity contribution in [3.8, 4) is 17.2 Å². The van der Waals surface area contributed by atoms with Crippen LogP contribution in [0.2, 0.25) is 0 Å². The van der Waals surface area contributed by atoms with E-state index in [0.717, 1.165) is 39.8 Å². The Kier molecular flexibility index (Phi) is 5.71. The average molecular weight is 471 g/mol. The van der Waals surface area contributed by atoms with Gasteiger partial charge in [-0.3, -0.25) is 4.98 Å². The molecule has 2 aromatic carbocycles. The van der Waals surface area contributed by atoms with Gasteiger partial charge in [0.15, 0.2) is 5.11 Å². The maximum Gasteiger partial charge on any atom is 0.174 e. The summed E-state index contributed by atoms with van der Waals surface area (Å²) in [5.41, 5.74) is 6.25. The number of aromatic hydroxyl groups is 1. The van der Waals surface area contributed by atoms with Gasteiger partial charge in [-0.15, -0.1) is 0 Å². The fraction of sp³-hybridized carbons (Fsp3) is 0.185. The first-order valence-corrected chi connectivity index (χ1v) is 11.5. The van der Waals surface area contributed by atoms with Crippen LogP contribution in [0.25, 0.3) is 5.69 Å². The van der Waals surface area contributed by atoms with Crippen LogP contribution in [0.4, 0.5) is 5.69 Å². The minimum Gasteiger partial charge on any atom is -0.508 e. The number of nitrogens with zero attached hydrogens (tertiary/aromatic N) is 3. The first kappa shape index (κ1) is 22.0. The van der Waals surface area contributed by atoms with E-state index in [1.807, 2.05) is 48.5 Å². The zero-order valence-corrected chi connectivity index (χ0v) is 20.1. The van der Waals surface area contributed by atoms with Crippen molar-refractivity contribution in [1.29, 1.82) is 0 Å². The lowest BCUT2D eigenvalue weighted by atomic mass is 9.96. The van der Waals surface area contributed by atoms with Crippen molar-refractivity contribution in [2.75, 3.05) is 12.0 Å². The number of methoxy groups -OCH3 is 1. The third-order valence-electron chi connectivity index (χ3n) is 6.33. The normalized spacial score (nSPS) is 17.6. The third kappa shape index (κ3) is 3.78. The van der Waals surface area contributed by atoms with Crippen LogP contribution in [-0.2, 0) is 0 Å². The Hall–Kier alpha value is -3.84.